The topological polar surface area (TPSA) is 78.9 Å². The first-order chi connectivity index (χ1) is 9.91. The Kier molecular flexibility index (Phi) is 4.76. The Balaban J connectivity index is 2.02. The first kappa shape index (κ1) is 16.1. The Bertz CT molecular complexity index is 402. The van der Waals surface area contributed by atoms with Crippen LogP contribution in [-0.4, -0.2) is 53.8 Å². The predicted molar refractivity (Wildman–Crippen MR) is 78.2 cm³/mol. The van der Waals surface area contributed by atoms with Gasteiger partial charge in [0.1, 0.15) is 0 Å². The summed E-state index contributed by atoms with van der Waals surface area (Å²) in [6, 6.07) is -0.163. The number of nitrogens with one attached hydrogen (secondary N) is 1. The van der Waals surface area contributed by atoms with Crippen LogP contribution in [0.4, 0.5) is 4.79 Å². The molecule has 2 N–H and O–H groups in total. The van der Waals surface area contributed by atoms with Crippen LogP contribution in [0.15, 0.2) is 0 Å². The number of urea groups is 1. The number of nitrogens with zero attached hydrogens (tertiary/aromatic N) is 1. The van der Waals surface area contributed by atoms with E-state index in [0.29, 0.717) is 39.1 Å². The summed E-state index contributed by atoms with van der Waals surface area (Å²) in [7, 11) is 0. The molecule has 6 heteroatoms. The number of amides is 2. The van der Waals surface area contributed by atoms with E-state index in [2.05, 4.69) is 5.32 Å². The lowest BCUT2D eigenvalue weighted by atomic mass is 9.76. The second-order valence-electron chi connectivity index (χ2n) is 6.65. The molecule has 2 aliphatic rings. The summed E-state index contributed by atoms with van der Waals surface area (Å²) in [5.74, 6) is -0.780. The van der Waals surface area contributed by atoms with Gasteiger partial charge in [0.2, 0.25) is 0 Å². The number of rotatable bonds is 4. The highest BCUT2D eigenvalue weighted by atomic mass is 16.5. The molecule has 0 saturated carbocycles. The summed E-state index contributed by atoms with van der Waals surface area (Å²) in [6.07, 6.45) is 3.62. The van der Waals surface area contributed by atoms with E-state index >= 15 is 0 Å². The van der Waals surface area contributed by atoms with Crippen molar-refractivity contribution in [3.05, 3.63) is 0 Å². The van der Waals surface area contributed by atoms with Gasteiger partial charge in [-0.1, -0.05) is 13.3 Å². The van der Waals surface area contributed by atoms with Crippen LogP contribution in [0, 0.1) is 5.41 Å². The van der Waals surface area contributed by atoms with Crippen molar-refractivity contribution in [1.29, 1.82) is 0 Å². The molecule has 6 nitrogen and oxygen atoms in total. The van der Waals surface area contributed by atoms with Crippen molar-refractivity contribution >= 4 is 12.0 Å². The molecule has 0 aromatic heterocycles. The van der Waals surface area contributed by atoms with Crippen molar-refractivity contribution in [3.8, 4) is 0 Å². The third-order valence-corrected chi connectivity index (χ3v) is 4.67. The van der Waals surface area contributed by atoms with Crippen LogP contribution in [0.5, 0.6) is 0 Å². The summed E-state index contributed by atoms with van der Waals surface area (Å²) in [4.78, 5) is 25.8. The number of carboxylic acids is 1. The van der Waals surface area contributed by atoms with Gasteiger partial charge in [0.15, 0.2) is 0 Å². The first-order valence-electron chi connectivity index (χ1n) is 7.79. The van der Waals surface area contributed by atoms with Crippen molar-refractivity contribution < 1.29 is 19.4 Å². The third-order valence-electron chi connectivity index (χ3n) is 4.67. The molecule has 2 atom stereocenters. The predicted octanol–water partition coefficient (Wildman–Crippen LogP) is 1.84. The normalized spacial score (nSPS) is 33.0. The van der Waals surface area contributed by atoms with E-state index in [4.69, 9.17) is 4.74 Å². The largest absolute Gasteiger partial charge is 0.481 e. The fourth-order valence-corrected chi connectivity index (χ4v) is 3.37. The van der Waals surface area contributed by atoms with Gasteiger partial charge in [-0.05, 0) is 32.6 Å². The minimum absolute atomic E-state index is 0.163. The average molecular weight is 298 g/mol. The van der Waals surface area contributed by atoms with E-state index in [9.17, 15) is 14.7 Å². The monoisotopic (exact) mass is 298 g/mol. The smallest absolute Gasteiger partial charge is 0.317 e. The lowest BCUT2D eigenvalue weighted by Gasteiger charge is -2.41. The van der Waals surface area contributed by atoms with E-state index in [1.54, 1.807) is 4.90 Å². The number of hydrogen-bond donors (Lipinski definition) is 2. The Morgan fingerprint density at radius 3 is 2.71 bits per heavy atom. The van der Waals surface area contributed by atoms with Gasteiger partial charge in [0, 0.05) is 19.7 Å². The quantitative estimate of drug-likeness (QED) is 0.830. The van der Waals surface area contributed by atoms with Gasteiger partial charge in [-0.25, -0.2) is 4.79 Å². The fraction of sp³-hybridized carbons (Fsp3) is 0.867. The van der Waals surface area contributed by atoms with Crippen molar-refractivity contribution in [1.82, 2.24) is 10.2 Å². The average Bonchev–Trinajstić information content (AvgIpc) is 2.85. The summed E-state index contributed by atoms with van der Waals surface area (Å²) in [6.45, 7) is 6.07. The number of carbonyl (C=O) groups is 2. The number of ether oxygens (including phenoxy) is 1. The Hall–Kier alpha value is -1.30. The van der Waals surface area contributed by atoms with E-state index in [0.717, 1.165) is 19.3 Å². The molecule has 2 amide bonds. The summed E-state index contributed by atoms with van der Waals surface area (Å²) >= 11 is 0. The fourth-order valence-electron chi connectivity index (χ4n) is 3.37. The van der Waals surface area contributed by atoms with Crippen molar-refractivity contribution in [2.24, 2.45) is 5.41 Å². The van der Waals surface area contributed by atoms with Gasteiger partial charge >= 0.3 is 12.0 Å². The Morgan fingerprint density at radius 2 is 2.14 bits per heavy atom. The maximum absolute atomic E-state index is 12.4. The van der Waals surface area contributed by atoms with Crippen molar-refractivity contribution in [2.75, 3.05) is 26.3 Å². The maximum Gasteiger partial charge on any atom is 0.317 e. The number of likely N-dealkylation sites (tertiary alicyclic amines) is 1. The van der Waals surface area contributed by atoms with Gasteiger partial charge in [0.05, 0.1) is 17.6 Å². The van der Waals surface area contributed by atoms with Gasteiger partial charge in [-0.3, -0.25) is 4.79 Å². The molecule has 2 heterocycles. The molecule has 0 radical (unpaired) electrons. The molecular formula is C15H26N2O4. The van der Waals surface area contributed by atoms with Crippen LogP contribution < -0.4 is 5.32 Å². The summed E-state index contributed by atoms with van der Waals surface area (Å²) in [5.41, 5.74) is -1.11. The van der Waals surface area contributed by atoms with E-state index in [1.807, 2.05) is 13.8 Å². The summed E-state index contributed by atoms with van der Waals surface area (Å²) < 4.78 is 5.34. The number of carbonyl (C=O) groups excluding carboxylic acids is 1. The van der Waals surface area contributed by atoms with Gasteiger partial charge in [-0.2, -0.15) is 0 Å². The van der Waals surface area contributed by atoms with E-state index in [1.165, 1.54) is 0 Å². The van der Waals surface area contributed by atoms with Crippen LogP contribution in [0.25, 0.3) is 0 Å². The summed E-state index contributed by atoms with van der Waals surface area (Å²) in [5, 5.41) is 12.6. The molecule has 0 aromatic rings. The highest BCUT2D eigenvalue weighted by Gasteiger charge is 2.43. The van der Waals surface area contributed by atoms with E-state index < -0.39 is 11.4 Å². The van der Waals surface area contributed by atoms with Crippen LogP contribution in [0.1, 0.15) is 46.0 Å². The van der Waals surface area contributed by atoms with Gasteiger partial charge < -0.3 is 20.1 Å². The first-order valence-corrected chi connectivity index (χ1v) is 7.79. The zero-order valence-corrected chi connectivity index (χ0v) is 13.0. The zero-order chi connectivity index (χ0) is 15.5. The van der Waals surface area contributed by atoms with Gasteiger partial charge in [0.25, 0.3) is 0 Å². The number of piperidine rings is 1. The van der Waals surface area contributed by atoms with Crippen molar-refractivity contribution in [2.45, 2.75) is 51.5 Å². The molecule has 0 bridgehead atoms. The molecule has 2 aliphatic heterocycles. The van der Waals surface area contributed by atoms with E-state index in [-0.39, 0.29) is 11.6 Å². The molecule has 0 aliphatic carbocycles. The SMILES string of the molecule is CCCC1(C(=O)O)CCCN(C(=O)NC2(C)CCOC2)C1. The highest BCUT2D eigenvalue weighted by molar-refractivity contribution is 5.79. The molecule has 2 unspecified atom stereocenters. The van der Waals surface area contributed by atoms with Crippen LogP contribution in [-0.2, 0) is 9.53 Å². The zero-order valence-electron chi connectivity index (χ0n) is 13.0. The second-order valence-corrected chi connectivity index (χ2v) is 6.65. The lowest BCUT2D eigenvalue weighted by Crippen LogP contribution is -2.57. The maximum atomic E-state index is 12.4. The molecule has 21 heavy (non-hydrogen) atoms. The molecular weight excluding hydrogens is 272 g/mol. The standard InChI is InChI=1S/C15H26N2O4/c1-3-5-15(12(18)19)6-4-8-17(10-15)13(20)16-14(2)7-9-21-11-14/h3-11H2,1-2H3,(H,16,20)(H,18,19). The van der Waals surface area contributed by atoms with Crippen molar-refractivity contribution in [3.63, 3.8) is 0 Å². The molecule has 2 rings (SSSR count). The molecule has 120 valence electrons. The van der Waals surface area contributed by atoms with Gasteiger partial charge in [-0.15, -0.1) is 0 Å². The minimum atomic E-state index is -0.780. The number of hydrogen-bond acceptors (Lipinski definition) is 3. The second kappa shape index (κ2) is 6.22. The molecule has 0 aromatic carbocycles. The lowest BCUT2D eigenvalue weighted by molar-refractivity contribution is -0.152. The number of aliphatic carboxylic acids is 1. The Labute approximate surface area is 125 Å². The Morgan fingerprint density at radius 1 is 1.38 bits per heavy atom. The molecule has 2 fully saturated rings. The molecule has 0 spiro atoms. The van der Waals surface area contributed by atoms with Crippen LogP contribution in [0.3, 0.4) is 0 Å². The highest BCUT2D eigenvalue weighted by Crippen LogP contribution is 2.35. The molecule has 2 saturated heterocycles. The minimum Gasteiger partial charge on any atom is -0.481 e. The van der Waals surface area contributed by atoms with Crippen LogP contribution >= 0.6 is 0 Å². The number of carboxylic acid groups (broad SMARTS) is 1. The van der Waals surface area contributed by atoms with Crippen LogP contribution in [0.2, 0.25) is 0 Å². The third kappa shape index (κ3) is 3.48.